The fourth-order valence-corrected chi connectivity index (χ4v) is 1.86. The predicted octanol–water partition coefficient (Wildman–Crippen LogP) is 1.49. The van der Waals surface area contributed by atoms with Crippen LogP contribution in [0.1, 0.15) is 16.8 Å². The van der Waals surface area contributed by atoms with Crippen LogP contribution in [0.2, 0.25) is 0 Å². The standard InChI is InChI=1S/C13H13N3O4/c17-13(15-11-3-6-19-16-11)9-1-4-14-12(7-9)20-10-2-5-18-8-10/h1,3-4,6-7,10H,2,5,8H2,(H,15,16,17). The van der Waals surface area contributed by atoms with Crippen molar-refractivity contribution in [1.82, 2.24) is 10.1 Å². The summed E-state index contributed by atoms with van der Waals surface area (Å²) in [5.74, 6) is 0.473. The lowest BCUT2D eigenvalue weighted by Gasteiger charge is -2.11. The van der Waals surface area contributed by atoms with Crippen molar-refractivity contribution in [3.8, 4) is 5.88 Å². The quantitative estimate of drug-likeness (QED) is 0.909. The van der Waals surface area contributed by atoms with Crippen molar-refractivity contribution in [3.05, 3.63) is 36.2 Å². The van der Waals surface area contributed by atoms with Crippen LogP contribution in [0.5, 0.6) is 5.88 Å². The summed E-state index contributed by atoms with van der Waals surface area (Å²) in [6.45, 7) is 1.24. The van der Waals surface area contributed by atoms with Crippen LogP contribution < -0.4 is 10.1 Å². The van der Waals surface area contributed by atoms with Gasteiger partial charge in [-0.05, 0) is 6.07 Å². The van der Waals surface area contributed by atoms with Gasteiger partial charge in [0.15, 0.2) is 5.82 Å². The van der Waals surface area contributed by atoms with E-state index in [1.807, 2.05) is 0 Å². The lowest BCUT2D eigenvalue weighted by atomic mass is 10.2. The van der Waals surface area contributed by atoms with Gasteiger partial charge in [0.05, 0.1) is 13.2 Å². The highest BCUT2D eigenvalue weighted by Gasteiger charge is 2.18. The second-order valence-corrected chi connectivity index (χ2v) is 4.33. The minimum absolute atomic E-state index is 0.00338. The molecule has 0 radical (unpaired) electrons. The average molecular weight is 275 g/mol. The van der Waals surface area contributed by atoms with Gasteiger partial charge in [-0.1, -0.05) is 5.16 Å². The molecule has 0 aliphatic carbocycles. The fraction of sp³-hybridized carbons (Fsp3) is 0.308. The van der Waals surface area contributed by atoms with Crippen LogP contribution in [0.3, 0.4) is 0 Å². The van der Waals surface area contributed by atoms with E-state index in [9.17, 15) is 4.79 Å². The van der Waals surface area contributed by atoms with E-state index in [2.05, 4.69) is 20.0 Å². The number of ether oxygens (including phenoxy) is 2. The highest BCUT2D eigenvalue weighted by Crippen LogP contribution is 2.16. The van der Waals surface area contributed by atoms with Gasteiger partial charge < -0.3 is 19.3 Å². The normalized spacial score (nSPS) is 17.9. The molecule has 3 rings (SSSR count). The second kappa shape index (κ2) is 5.70. The van der Waals surface area contributed by atoms with Gasteiger partial charge in [-0.25, -0.2) is 4.98 Å². The Morgan fingerprint density at radius 3 is 3.15 bits per heavy atom. The average Bonchev–Trinajstić information content (AvgIpc) is 3.12. The minimum Gasteiger partial charge on any atom is -0.472 e. The van der Waals surface area contributed by atoms with Crippen LogP contribution in [0, 0.1) is 0 Å². The van der Waals surface area contributed by atoms with Crippen molar-refractivity contribution in [2.24, 2.45) is 0 Å². The third-order valence-corrected chi connectivity index (χ3v) is 2.85. The maximum absolute atomic E-state index is 12.0. The molecule has 20 heavy (non-hydrogen) atoms. The Hall–Kier alpha value is -2.41. The smallest absolute Gasteiger partial charge is 0.257 e. The summed E-state index contributed by atoms with van der Waals surface area (Å²) in [7, 11) is 0. The van der Waals surface area contributed by atoms with Gasteiger partial charge >= 0.3 is 0 Å². The van der Waals surface area contributed by atoms with Crippen molar-refractivity contribution in [2.45, 2.75) is 12.5 Å². The summed E-state index contributed by atoms with van der Waals surface area (Å²) in [6, 6.07) is 4.76. The number of nitrogens with zero attached hydrogens (tertiary/aromatic N) is 2. The lowest BCUT2D eigenvalue weighted by Crippen LogP contribution is -2.17. The van der Waals surface area contributed by atoms with Crippen LogP contribution >= 0.6 is 0 Å². The lowest BCUT2D eigenvalue weighted by molar-refractivity contribution is 0.102. The van der Waals surface area contributed by atoms with E-state index in [1.165, 1.54) is 12.5 Å². The molecule has 1 aliphatic rings. The molecule has 1 unspecified atom stereocenters. The Morgan fingerprint density at radius 2 is 2.40 bits per heavy atom. The third-order valence-electron chi connectivity index (χ3n) is 2.85. The minimum atomic E-state index is -0.297. The first-order valence-corrected chi connectivity index (χ1v) is 6.23. The number of carbonyl (C=O) groups excluding carboxylic acids is 1. The number of anilines is 1. The first-order valence-electron chi connectivity index (χ1n) is 6.23. The van der Waals surface area contributed by atoms with Crippen LogP contribution in [0.15, 0.2) is 35.2 Å². The predicted molar refractivity (Wildman–Crippen MR) is 68.5 cm³/mol. The first-order chi connectivity index (χ1) is 9.81. The van der Waals surface area contributed by atoms with Gasteiger partial charge in [-0.15, -0.1) is 0 Å². The Morgan fingerprint density at radius 1 is 1.45 bits per heavy atom. The number of hydrogen-bond acceptors (Lipinski definition) is 6. The number of nitrogens with one attached hydrogen (secondary N) is 1. The molecule has 0 aromatic carbocycles. The maximum Gasteiger partial charge on any atom is 0.257 e. The summed E-state index contributed by atoms with van der Waals surface area (Å²) in [5.41, 5.74) is 0.442. The molecule has 1 amide bonds. The van der Waals surface area contributed by atoms with Crippen molar-refractivity contribution in [2.75, 3.05) is 18.5 Å². The van der Waals surface area contributed by atoms with Gasteiger partial charge in [-0.3, -0.25) is 4.79 Å². The first kappa shape index (κ1) is 12.6. The molecule has 1 aliphatic heterocycles. The summed E-state index contributed by atoms with van der Waals surface area (Å²) in [6.07, 6.45) is 3.74. The molecule has 7 heteroatoms. The van der Waals surface area contributed by atoms with Crippen molar-refractivity contribution < 1.29 is 18.8 Å². The summed E-state index contributed by atoms with van der Waals surface area (Å²) >= 11 is 0. The molecule has 7 nitrogen and oxygen atoms in total. The summed E-state index contributed by atoms with van der Waals surface area (Å²) < 4.78 is 15.5. The van der Waals surface area contributed by atoms with Crippen molar-refractivity contribution in [1.29, 1.82) is 0 Å². The van der Waals surface area contributed by atoms with E-state index in [0.29, 0.717) is 30.5 Å². The number of amides is 1. The Labute approximate surface area is 114 Å². The van der Waals surface area contributed by atoms with Gasteiger partial charge in [0.25, 0.3) is 5.91 Å². The van der Waals surface area contributed by atoms with Gasteiger partial charge in [0.2, 0.25) is 5.88 Å². The van der Waals surface area contributed by atoms with Crippen LogP contribution in [-0.4, -0.2) is 35.4 Å². The van der Waals surface area contributed by atoms with E-state index >= 15 is 0 Å². The van der Waals surface area contributed by atoms with Gasteiger partial charge in [0, 0.05) is 30.3 Å². The fourth-order valence-electron chi connectivity index (χ4n) is 1.86. The molecule has 2 aromatic heterocycles. The number of rotatable bonds is 4. The highest BCUT2D eigenvalue weighted by atomic mass is 16.5. The summed E-state index contributed by atoms with van der Waals surface area (Å²) in [4.78, 5) is 16.1. The largest absolute Gasteiger partial charge is 0.472 e. The van der Waals surface area contributed by atoms with Crippen molar-refractivity contribution >= 4 is 11.7 Å². The zero-order chi connectivity index (χ0) is 13.8. The molecule has 1 N–H and O–H groups in total. The molecule has 2 aromatic rings. The molecule has 0 spiro atoms. The van der Waals surface area contributed by atoms with E-state index < -0.39 is 0 Å². The van der Waals surface area contributed by atoms with Gasteiger partial charge in [0.1, 0.15) is 12.4 Å². The van der Waals surface area contributed by atoms with Crippen LogP contribution in [0.4, 0.5) is 5.82 Å². The number of pyridine rings is 1. The Kier molecular flexibility index (Phi) is 3.60. The number of carbonyl (C=O) groups is 1. The molecule has 1 fully saturated rings. The zero-order valence-electron chi connectivity index (χ0n) is 10.6. The van der Waals surface area contributed by atoms with Gasteiger partial charge in [-0.2, -0.15) is 0 Å². The monoisotopic (exact) mass is 275 g/mol. The van der Waals surface area contributed by atoms with E-state index in [4.69, 9.17) is 9.47 Å². The molecule has 3 heterocycles. The van der Waals surface area contributed by atoms with E-state index in [-0.39, 0.29) is 12.0 Å². The van der Waals surface area contributed by atoms with E-state index in [0.717, 1.165) is 6.42 Å². The number of hydrogen-bond donors (Lipinski definition) is 1. The second-order valence-electron chi connectivity index (χ2n) is 4.33. The van der Waals surface area contributed by atoms with Crippen LogP contribution in [0.25, 0.3) is 0 Å². The molecule has 0 bridgehead atoms. The molecule has 1 atom stereocenters. The topological polar surface area (TPSA) is 86.5 Å². The highest BCUT2D eigenvalue weighted by molar-refractivity contribution is 6.03. The molecule has 104 valence electrons. The maximum atomic E-state index is 12.0. The van der Waals surface area contributed by atoms with E-state index in [1.54, 1.807) is 18.2 Å². The molecular formula is C13H13N3O4. The Balaban J connectivity index is 1.68. The SMILES string of the molecule is O=C(Nc1ccon1)c1ccnc(OC2CCOC2)c1. The van der Waals surface area contributed by atoms with Crippen LogP contribution in [-0.2, 0) is 4.74 Å². The van der Waals surface area contributed by atoms with Crippen molar-refractivity contribution in [3.63, 3.8) is 0 Å². The Bertz CT molecular complexity index is 579. The molecule has 1 saturated heterocycles. The molecule has 0 saturated carbocycles. The number of aromatic nitrogens is 2. The molecular weight excluding hydrogens is 262 g/mol. The third kappa shape index (κ3) is 2.94. The zero-order valence-corrected chi connectivity index (χ0v) is 10.6. The summed E-state index contributed by atoms with van der Waals surface area (Å²) in [5, 5.41) is 6.22.